The summed E-state index contributed by atoms with van der Waals surface area (Å²) < 4.78 is 5.12. The Balaban J connectivity index is 2.28. The summed E-state index contributed by atoms with van der Waals surface area (Å²) in [5.41, 5.74) is 8.43. The average Bonchev–Trinajstić information content (AvgIpc) is 2.53. The van der Waals surface area contributed by atoms with Gasteiger partial charge < -0.3 is 15.8 Å². The van der Waals surface area contributed by atoms with Gasteiger partial charge in [0.05, 0.1) is 7.11 Å². The van der Waals surface area contributed by atoms with E-state index in [0.29, 0.717) is 0 Å². The van der Waals surface area contributed by atoms with Crippen molar-refractivity contribution in [2.45, 2.75) is 19.4 Å². The second kappa shape index (κ2) is 6.79. The second-order valence-electron chi connectivity index (χ2n) is 4.76. The number of carbonyl (C=O) groups is 1. The minimum absolute atomic E-state index is 0.397. The zero-order valence-corrected chi connectivity index (χ0v) is 12.3. The number of amides is 1. The van der Waals surface area contributed by atoms with Gasteiger partial charge in [0.25, 0.3) is 0 Å². The Morgan fingerprint density at radius 2 is 1.86 bits per heavy atom. The number of hydrogen-bond acceptors (Lipinski definition) is 3. The standard InChI is InChI=1S/C17H20N2O2/c1-3-12-6-4-5-7-15(12)16(17(18)20)19-13-8-10-14(21-2)11-9-13/h4-11,16,19H,3H2,1-2H3,(H2,18,20). The number of primary amides is 1. The van der Waals surface area contributed by atoms with Crippen LogP contribution in [0, 0.1) is 0 Å². The molecule has 4 nitrogen and oxygen atoms in total. The first-order valence-corrected chi connectivity index (χ1v) is 6.93. The fourth-order valence-electron chi connectivity index (χ4n) is 2.29. The summed E-state index contributed by atoms with van der Waals surface area (Å²) in [6.07, 6.45) is 0.851. The van der Waals surface area contributed by atoms with Crippen LogP contribution in [0.3, 0.4) is 0 Å². The maximum Gasteiger partial charge on any atom is 0.244 e. The Morgan fingerprint density at radius 3 is 2.43 bits per heavy atom. The van der Waals surface area contributed by atoms with Crippen molar-refractivity contribution in [3.63, 3.8) is 0 Å². The van der Waals surface area contributed by atoms with Crippen LogP contribution in [0.5, 0.6) is 5.75 Å². The molecule has 0 saturated heterocycles. The number of benzene rings is 2. The van der Waals surface area contributed by atoms with Crippen LogP contribution in [0.15, 0.2) is 48.5 Å². The lowest BCUT2D eigenvalue weighted by Crippen LogP contribution is -2.28. The highest BCUT2D eigenvalue weighted by Crippen LogP contribution is 2.24. The Kier molecular flexibility index (Phi) is 4.82. The smallest absolute Gasteiger partial charge is 0.244 e. The molecule has 21 heavy (non-hydrogen) atoms. The van der Waals surface area contributed by atoms with Gasteiger partial charge in [-0.2, -0.15) is 0 Å². The molecule has 0 aliphatic carbocycles. The van der Waals surface area contributed by atoms with Gasteiger partial charge in [0, 0.05) is 5.69 Å². The zero-order chi connectivity index (χ0) is 15.2. The number of anilines is 1. The van der Waals surface area contributed by atoms with Gasteiger partial charge in [-0.1, -0.05) is 31.2 Å². The molecule has 0 saturated carbocycles. The van der Waals surface area contributed by atoms with Gasteiger partial charge in [-0.05, 0) is 41.8 Å². The van der Waals surface area contributed by atoms with E-state index in [1.54, 1.807) is 7.11 Å². The third-order valence-electron chi connectivity index (χ3n) is 3.43. The normalized spacial score (nSPS) is 11.7. The van der Waals surface area contributed by atoms with Crippen LogP contribution in [0.2, 0.25) is 0 Å². The molecule has 0 bridgehead atoms. The first kappa shape index (κ1) is 14.9. The van der Waals surface area contributed by atoms with Crippen LogP contribution in [0.1, 0.15) is 24.1 Å². The molecular formula is C17H20N2O2. The molecule has 2 rings (SSSR count). The molecule has 0 radical (unpaired) electrons. The van der Waals surface area contributed by atoms with Crippen LogP contribution < -0.4 is 15.8 Å². The Labute approximate surface area is 124 Å². The van der Waals surface area contributed by atoms with E-state index in [2.05, 4.69) is 12.2 Å². The molecule has 1 unspecified atom stereocenters. The van der Waals surface area contributed by atoms with E-state index in [9.17, 15) is 4.79 Å². The molecule has 0 aromatic heterocycles. The van der Waals surface area contributed by atoms with Crippen LogP contribution in [0.4, 0.5) is 5.69 Å². The van der Waals surface area contributed by atoms with Crippen molar-refractivity contribution in [2.75, 3.05) is 12.4 Å². The van der Waals surface area contributed by atoms with Crippen LogP contribution >= 0.6 is 0 Å². The SMILES string of the molecule is CCc1ccccc1C(Nc1ccc(OC)cc1)C(N)=O. The first-order chi connectivity index (χ1) is 10.2. The zero-order valence-electron chi connectivity index (χ0n) is 12.3. The van der Waals surface area contributed by atoms with Crippen molar-refractivity contribution >= 4 is 11.6 Å². The summed E-state index contributed by atoms with van der Waals surface area (Å²) in [5, 5.41) is 3.19. The molecule has 110 valence electrons. The maximum absolute atomic E-state index is 11.8. The van der Waals surface area contributed by atoms with Crippen molar-refractivity contribution in [1.29, 1.82) is 0 Å². The van der Waals surface area contributed by atoms with Gasteiger partial charge in [0.1, 0.15) is 11.8 Å². The lowest BCUT2D eigenvalue weighted by Gasteiger charge is -2.20. The fraction of sp³-hybridized carbons (Fsp3) is 0.235. The largest absolute Gasteiger partial charge is 0.497 e. The number of carbonyl (C=O) groups excluding carboxylic acids is 1. The van der Waals surface area contributed by atoms with E-state index in [1.165, 1.54) is 0 Å². The lowest BCUT2D eigenvalue weighted by molar-refractivity contribution is -0.118. The topological polar surface area (TPSA) is 64.3 Å². The quantitative estimate of drug-likeness (QED) is 0.857. The highest BCUT2D eigenvalue weighted by Gasteiger charge is 2.19. The van der Waals surface area contributed by atoms with Crippen molar-refractivity contribution in [3.05, 3.63) is 59.7 Å². The molecule has 0 aliphatic rings. The predicted molar refractivity (Wildman–Crippen MR) is 84.4 cm³/mol. The Bertz CT molecular complexity index is 608. The monoisotopic (exact) mass is 284 g/mol. The van der Waals surface area contributed by atoms with Gasteiger partial charge in [-0.15, -0.1) is 0 Å². The van der Waals surface area contributed by atoms with E-state index >= 15 is 0 Å². The Morgan fingerprint density at radius 1 is 1.19 bits per heavy atom. The van der Waals surface area contributed by atoms with Crippen molar-refractivity contribution in [3.8, 4) is 5.75 Å². The molecule has 0 fully saturated rings. The summed E-state index contributed by atoms with van der Waals surface area (Å²) in [4.78, 5) is 11.8. The average molecular weight is 284 g/mol. The summed E-state index contributed by atoms with van der Waals surface area (Å²) >= 11 is 0. The van der Waals surface area contributed by atoms with Gasteiger partial charge in [-0.3, -0.25) is 4.79 Å². The van der Waals surface area contributed by atoms with E-state index in [0.717, 1.165) is 29.0 Å². The number of hydrogen-bond donors (Lipinski definition) is 2. The Hall–Kier alpha value is -2.49. The predicted octanol–water partition coefficient (Wildman–Crippen LogP) is 2.90. The molecule has 3 N–H and O–H groups in total. The second-order valence-corrected chi connectivity index (χ2v) is 4.76. The number of rotatable bonds is 6. The molecule has 2 aromatic carbocycles. The molecule has 0 aliphatic heterocycles. The number of nitrogens with two attached hydrogens (primary N) is 1. The molecule has 4 heteroatoms. The molecule has 0 spiro atoms. The molecule has 1 atom stereocenters. The maximum atomic E-state index is 11.8. The third-order valence-corrected chi connectivity index (χ3v) is 3.43. The molecule has 1 amide bonds. The third kappa shape index (κ3) is 3.54. The van der Waals surface area contributed by atoms with E-state index in [-0.39, 0.29) is 0 Å². The van der Waals surface area contributed by atoms with Crippen LogP contribution in [-0.4, -0.2) is 13.0 Å². The number of ether oxygens (including phenoxy) is 1. The van der Waals surface area contributed by atoms with Crippen LogP contribution in [0.25, 0.3) is 0 Å². The van der Waals surface area contributed by atoms with E-state index in [4.69, 9.17) is 10.5 Å². The number of nitrogens with one attached hydrogen (secondary N) is 1. The van der Waals surface area contributed by atoms with Crippen molar-refractivity contribution < 1.29 is 9.53 Å². The van der Waals surface area contributed by atoms with Crippen molar-refractivity contribution in [1.82, 2.24) is 0 Å². The minimum atomic E-state index is -0.547. The number of methoxy groups -OCH3 is 1. The summed E-state index contributed by atoms with van der Waals surface area (Å²) in [7, 11) is 1.62. The molecule has 0 heterocycles. The summed E-state index contributed by atoms with van der Waals surface area (Å²) in [6, 6.07) is 14.7. The molecule has 2 aromatic rings. The fourth-order valence-corrected chi connectivity index (χ4v) is 2.29. The van der Waals surface area contributed by atoms with E-state index in [1.807, 2.05) is 48.5 Å². The van der Waals surface area contributed by atoms with Gasteiger partial charge in [-0.25, -0.2) is 0 Å². The lowest BCUT2D eigenvalue weighted by atomic mass is 9.98. The van der Waals surface area contributed by atoms with Crippen molar-refractivity contribution in [2.24, 2.45) is 5.73 Å². The highest BCUT2D eigenvalue weighted by atomic mass is 16.5. The number of aryl methyl sites for hydroxylation is 1. The van der Waals surface area contributed by atoms with Crippen LogP contribution in [-0.2, 0) is 11.2 Å². The molecular weight excluding hydrogens is 264 g/mol. The van der Waals surface area contributed by atoms with Gasteiger partial charge >= 0.3 is 0 Å². The van der Waals surface area contributed by atoms with Gasteiger partial charge in [0.2, 0.25) is 5.91 Å². The summed E-state index contributed by atoms with van der Waals surface area (Å²) in [5.74, 6) is 0.372. The van der Waals surface area contributed by atoms with E-state index < -0.39 is 11.9 Å². The van der Waals surface area contributed by atoms with Gasteiger partial charge in [0.15, 0.2) is 0 Å². The first-order valence-electron chi connectivity index (χ1n) is 6.93. The highest BCUT2D eigenvalue weighted by molar-refractivity contribution is 5.85. The summed E-state index contributed by atoms with van der Waals surface area (Å²) in [6.45, 7) is 2.06. The minimum Gasteiger partial charge on any atom is -0.497 e.